The molecule has 0 N–H and O–H groups in total. The quantitative estimate of drug-likeness (QED) is 0.183. The topological polar surface area (TPSA) is 30.8 Å². The van der Waals surface area contributed by atoms with E-state index in [2.05, 4.69) is 52.8 Å². The van der Waals surface area contributed by atoms with Crippen molar-refractivity contribution >= 4 is 59.6 Å². The number of benzene rings is 2. The van der Waals surface area contributed by atoms with E-state index in [0.717, 1.165) is 42.5 Å². The molecule has 28 heavy (non-hydrogen) atoms. The molecule has 3 nitrogen and oxygen atoms in total. The molecule has 2 aromatic rings. The standard InChI is InChI=1S/C10H12BrClO.C10H13ClO.BHNS/c1-13-7-6-10(11)8-2-4-9(12)5-3-8;1-12-8-2-3-9-4-6-10(11)7-5-9;1-2-3/h2-5,10H,6-7H2,1H3;4-7H,2-3,8H2,1H3;3H. The van der Waals surface area contributed by atoms with Gasteiger partial charge in [0.15, 0.2) is 0 Å². The van der Waals surface area contributed by atoms with Crippen LogP contribution in [0.25, 0.3) is 0 Å². The van der Waals surface area contributed by atoms with Gasteiger partial charge in [-0.3, -0.25) is 0 Å². The number of nitrogens with zero attached hydrogens (tertiary/aromatic N) is 1. The molecule has 0 aliphatic heterocycles. The Kier molecular flexibility index (Phi) is 18.4. The van der Waals surface area contributed by atoms with Gasteiger partial charge in [-0.15, -0.1) is 0 Å². The van der Waals surface area contributed by atoms with Crippen LogP contribution in [0.15, 0.2) is 52.8 Å². The van der Waals surface area contributed by atoms with Gasteiger partial charge in [0, 0.05) is 42.3 Å². The van der Waals surface area contributed by atoms with Crippen molar-refractivity contribution in [3.63, 3.8) is 0 Å². The van der Waals surface area contributed by atoms with Crippen LogP contribution >= 0.6 is 51.9 Å². The summed E-state index contributed by atoms with van der Waals surface area (Å²) in [4.78, 5) is 0.352. The van der Waals surface area contributed by atoms with Crippen LogP contribution in [0.4, 0.5) is 0 Å². The first-order valence-corrected chi connectivity index (χ1v) is 10.7. The van der Waals surface area contributed by atoms with Crippen LogP contribution in [0.3, 0.4) is 0 Å². The van der Waals surface area contributed by atoms with Crippen LogP contribution < -0.4 is 0 Å². The van der Waals surface area contributed by atoms with Gasteiger partial charge in [0.25, 0.3) is 0 Å². The summed E-state index contributed by atoms with van der Waals surface area (Å²) in [6.45, 7) is 1.58. The molecule has 2 rings (SSSR count). The second-order valence-electron chi connectivity index (χ2n) is 5.64. The van der Waals surface area contributed by atoms with Crippen LogP contribution in [0.1, 0.15) is 28.8 Å². The van der Waals surface area contributed by atoms with Gasteiger partial charge in [-0.05, 0) is 54.7 Å². The molecule has 0 spiro atoms. The van der Waals surface area contributed by atoms with Crippen molar-refractivity contribution in [1.82, 2.24) is 0 Å². The average Bonchev–Trinajstić information content (AvgIpc) is 2.69. The van der Waals surface area contributed by atoms with Gasteiger partial charge in [-0.1, -0.05) is 63.4 Å². The summed E-state index contributed by atoms with van der Waals surface area (Å²) in [5.74, 6) is 0. The Labute approximate surface area is 193 Å². The number of hydrogen-bond acceptors (Lipinski definition) is 4. The van der Waals surface area contributed by atoms with E-state index < -0.39 is 0 Å². The van der Waals surface area contributed by atoms with E-state index in [4.69, 9.17) is 32.7 Å². The molecule has 0 bridgehead atoms. The van der Waals surface area contributed by atoms with Gasteiger partial charge in [0.1, 0.15) is 0 Å². The fraction of sp³-hybridized carbons (Fsp3) is 0.400. The molecule has 0 saturated carbocycles. The minimum atomic E-state index is 0.352. The molecule has 0 aliphatic rings. The normalized spacial score (nSPS) is 10.8. The van der Waals surface area contributed by atoms with Crippen molar-refractivity contribution in [2.45, 2.75) is 24.1 Å². The molecule has 0 amide bonds. The molecule has 0 aliphatic carbocycles. The second kappa shape index (κ2) is 18.7. The SMILES string of the molecule is COCCC(Br)c1ccc(Cl)cc1.COCCCc1ccc(Cl)cc1.[B]=NS. The predicted molar refractivity (Wildman–Crippen MR) is 128 cm³/mol. The summed E-state index contributed by atoms with van der Waals surface area (Å²) < 4.78 is 12.7. The van der Waals surface area contributed by atoms with Crippen LogP contribution in [-0.2, 0) is 15.9 Å². The molecular formula is C20H26BBrCl2NO2S. The van der Waals surface area contributed by atoms with Crippen molar-refractivity contribution in [2.24, 2.45) is 4.30 Å². The van der Waals surface area contributed by atoms with E-state index in [1.807, 2.05) is 36.4 Å². The molecular weight excluding hydrogens is 480 g/mol. The third-order valence-electron chi connectivity index (χ3n) is 3.53. The number of hydrogen-bond donors (Lipinski definition) is 1. The van der Waals surface area contributed by atoms with Gasteiger partial charge in [0.2, 0.25) is 0 Å². The van der Waals surface area contributed by atoms with E-state index in [9.17, 15) is 0 Å². The predicted octanol–water partition coefficient (Wildman–Crippen LogP) is 6.91. The number of aryl methyl sites for hydroxylation is 1. The van der Waals surface area contributed by atoms with E-state index in [-0.39, 0.29) is 0 Å². The number of ether oxygens (including phenoxy) is 2. The van der Waals surface area contributed by atoms with Gasteiger partial charge in [-0.25, -0.2) is 0 Å². The maximum atomic E-state index is 5.78. The zero-order valence-electron chi connectivity index (χ0n) is 16.2. The zero-order valence-corrected chi connectivity index (χ0v) is 20.1. The summed E-state index contributed by atoms with van der Waals surface area (Å²) in [5, 5.41) is 1.57. The van der Waals surface area contributed by atoms with Crippen molar-refractivity contribution in [3.05, 3.63) is 69.7 Å². The van der Waals surface area contributed by atoms with E-state index in [1.54, 1.807) is 14.2 Å². The molecule has 0 saturated heterocycles. The van der Waals surface area contributed by atoms with Crippen LogP contribution in [0.2, 0.25) is 10.0 Å². The first-order valence-electron chi connectivity index (χ1n) is 8.64. The Hall–Kier alpha value is -0.365. The Balaban J connectivity index is 0.000000458. The van der Waals surface area contributed by atoms with Crippen molar-refractivity contribution < 1.29 is 9.47 Å². The van der Waals surface area contributed by atoms with Gasteiger partial charge >= 0.3 is 24.8 Å². The van der Waals surface area contributed by atoms with E-state index >= 15 is 0 Å². The van der Waals surface area contributed by atoms with Crippen LogP contribution in [0.5, 0.6) is 0 Å². The summed E-state index contributed by atoms with van der Waals surface area (Å²) in [7, 11) is 7.77. The summed E-state index contributed by atoms with van der Waals surface area (Å²) >= 11 is 18.3. The Morgan fingerprint density at radius 1 is 0.964 bits per heavy atom. The van der Waals surface area contributed by atoms with Crippen LogP contribution in [-0.4, -0.2) is 35.1 Å². The molecule has 0 fully saturated rings. The maximum absolute atomic E-state index is 5.78. The molecule has 0 heterocycles. The van der Waals surface area contributed by atoms with E-state index in [0.29, 0.717) is 4.83 Å². The Bertz CT molecular complexity index is 633. The summed E-state index contributed by atoms with van der Waals surface area (Å²) in [6, 6.07) is 15.8. The third kappa shape index (κ3) is 14.6. The number of thiol groups is 1. The molecule has 2 aromatic carbocycles. The molecule has 153 valence electrons. The molecule has 1 radical (unpaired) electrons. The summed E-state index contributed by atoms with van der Waals surface area (Å²) in [5.41, 5.74) is 2.55. The monoisotopic (exact) mass is 504 g/mol. The second-order valence-corrected chi connectivity index (χ2v) is 7.85. The fourth-order valence-electron chi connectivity index (χ4n) is 2.13. The van der Waals surface area contributed by atoms with Crippen LogP contribution in [0, 0.1) is 0 Å². The minimum absolute atomic E-state index is 0.352. The first-order chi connectivity index (χ1) is 13.5. The van der Waals surface area contributed by atoms with Gasteiger partial charge in [0.05, 0.1) is 0 Å². The first kappa shape index (κ1) is 27.6. The van der Waals surface area contributed by atoms with Crippen molar-refractivity contribution in [2.75, 3.05) is 27.4 Å². The number of halogens is 3. The van der Waals surface area contributed by atoms with Gasteiger partial charge < -0.3 is 9.47 Å². The summed E-state index contributed by atoms with van der Waals surface area (Å²) in [6.07, 6.45) is 3.10. The van der Waals surface area contributed by atoms with Crippen molar-refractivity contribution in [1.29, 1.82) is 0 Å². The number of alkyl halides is 1. The van der Waals surface area contributed by atoms with Gasteiger partial charge in [-0.2, -0.15) is 0 Å². The Morgan fingerprint density at radius 3 is 1.89 bits per heavy atom. The zero-order chi connectivity index (χ0) is 21.2. The number of rotatable bonds is 8. The molecule has 8 heteroatoms. The molecule has 0 aromatic heterocycles. The average molecular weight is 506 g/mol. The van der Waals surface area contributed by atoms with E-state index in [1.165, 1.54) is 11.1 Å². The Morgan fingerprint density at radius 2 is 1.43 bits per heavy atom. The fourth-order valence-corrected chi connectivity index (χ4v) is 2.88. The number of methoxy groups -OCH3 is 2. The molecule has 1 unspecified atom stereocenters. The third-order valence-corrected chi connectivity index (χ3v) is 5.02. The molecule has 1 atom stereocenters. The van der Waals surface area contributed by atoms with Crippen molar-refractivity contribution in [3.8, 4) is 0 Å².